The zero-order valence-corrected chi connectivity index (χ0v) is 12.4. The lowest BCUT2D eigenvalue weighted by atomic mass is 10.0. The second-order valence-electron chi connectivity index (χ2n) is 5.69. The number of ether oxygens (including phenoxy) is 1. The van der Waals surface area contributed by atoms with Gasteiger partial charge in [0.25, 0.3) is 0 Å². The average molecular weight is 280 g/mol. The number of halogens is 1. The Morgan fingerprint density at radius 3 is 2.85 bits per heavy atom. The molecule has 1 heterocycles. The number of rotatable bonds is 5. The summed E-state index contributed by atoms with van der Waals surface area (Å²) in [5, 5.41) is 0. The summed E-state index contributed by atoms with van der Waals surface area (Å²) in [6.07, 6.45) is 3.81. The third kappa shape index (κ3) is 3.78. The molecule has 4 heteroatoms. The van der Waals surface area contributed by atoms with Gasteiger partial charge in [-0.1, -0.05) is 12.1 Å². The number of hydrogen-bond donors (Lipinski definition) is 1. The second-order valence-corrected chi connectivity index (χ2v) is 5.69. The molecule has 1 aromatic carbocycles. The average Bonchev–Trinajstić information content (AvgIpc) is 2.44. The Morgan fingerprint density at radius 2 is 2.25 bits per heavy atom. The zero-order chi connectivity index (χ0) is 14.5. The van der Waals surface area contributed by atoms with Gasteiger partial charge in [-0.2, -0.15) is 0 Å². The summed E-state index contributed by atoms with van der Waals surface area (Å²) in [5.41, 5.74) is 7.67. The molecule has 0 saturated carbocycles. The first kappa shape index (κ1) is 15.4. The van der Waals surface area contributed by atoms with Crippen LogP contribution in [0.3, 0.4) is 0 Å². The molecule has 0 amide bonds. The van der Waals surface area contributed by atoms with Gasteiger partial charge >= 0.3 is 0 Å². The van der Waals surface area contributed by atoms with Crippen LogP contribution in [0.5, 0.6) is 0 Å². The minimum Gasteiger partial charge on any atom is -0.377 e. The molecular weight excluding hydrogens is 255 g/mol. The van der Waals surface area contributed by atoms with Crippen LogP contribution in [0.2, 0.25) is 0 Å². The molecule has 20 heavy (non-hydrogen) atoms. The van der Waals surface area contributed by atoms with Crippen LogP contribution >= 0.6 is 0 Å². The Kier molecular flexibility index (Phi) is 5.52. The van der Waals surface area contributed by atoms with Crippen LogP contribution in [0, 0.1) is 12.7 Å². The maximum Gasteiger partial charge on any atom is 0.126 e. The Labute approximate surface area is 120 Å². The van der Waals surface area contributed by atoms with E-state index in [0.29, 0.717) is 18.2 Å². The van der Waals surface area contributed by atoms with Crippen LogP contribution in [0.25, 0.3) is 0 Å². The number of nitrogens with zero attached hydrogens (tertiary/aromatic N) is 1. The molecule has 0 radical (unpaired) electrons. The van der Waals surface area contributed by atoms with Crippen molar-refractivity contribution < 1.29 is 9.13 Å². The number of hydrogen-bond acceptors (Lipinski definition) is 3. The molecule has 1 aliphatic heterocycles. The maximum absolute atomic E-state index is 13.4. The van der Waals surface area contributed by atoms with Gasteiger partial charge < -0.3 is 10.5 Å². The van der Waals surface area contributed by atoms with Gasteiger partial charge in [0.2, 0.25) is 0 Å². The van der Waals surface area contributed by atoms with Gasteiger partial charge in [0.1, 0.15) is 5.82 Å². The summed E-state index contributed by atoms with van der Waals surface area (Å²) in [7, 11) is 2.06. The van der Waals surface area contributed by atoms with E-state index in [2.05, 4.69) is 11.9 Å². The SMILES string of the molecule is Cc1cc(C(CN)N(C)CC2CCCCO2)ccc1F. The third-order valence-electron chi connectivity index (χ3n) is 4.09. The highest BCUT2D eigenvalue weighted by atomic mass is 19.1. The van der Waals surface area contributed by atoms with Gasteiger partial charge in [-0.15, -0.1) is 0 Å². The van der Waals surface area contributed by atoms with Gasteiger partial charge in [0, 0.05) is 25.7 Å². The normalized spacial score (nSPS) is 21.1. The standard InChI is InChI=1S/C16H25FN2O/c1-12-9-13(6-7-15(12)17)16(10-18)19(2)11-14-5-3-4-8-20-14/h6-7,9,14,16H,3-5,8,10-11,18H2,1-2H3. The van der Waals surface area contributed by atoms with E-state index in [1.54, 1.807) is 6.92 Å². The van der Waals surface area contributed by atoms with Crippen molar-refractivity contribution in [3.8, 4) is 0 Å². The predicted molar refractivity (Wildman–Crippen MR) is 79.2 cm³/mol. The molecule has 112 valence electrons. The molecular formula is C16H25FN2O. The summed E-state index contributed by atoms with van der Waals surface area (Å²) in [6.45, 7) is 4.05. The Morgan fingerprint density at radius 1 is 1.45 bits per heavy atom. The molecule has 1 aliphatic rings. The van der Waals surface area contributed by atoms with Crippen LogP contribution in [-0.2, 0) is 4.74 Å². The summed E-state index contributed by atoms with van der Waals surface area (Å²) in [6, 6.07) is 5.36. The van der Waals surface area contributed by atoms with E-state index in [0.717, 1.165) is 31.6 Å². The van der Waals surface area contributed by atoms with Crippen molar-refractivity contribution in [3.63, 3.8) is 0 Å². The van der Waals surface area contributed by atoms with E-state index in [-0.39, 0.29) is 11.9 Å². The van der Waals surface area contributed by atoms with Gasteiger partial charge in [0.15, 0.2) is 0 Å². The molecule has 1 fully saturated rings. The highest BCUT2D eigenvalue weighted by molar-refractivity contribution is 5.26. The smallest absolute Gasteiger partial charge is 0.126 e. The molecule has 0 spiro atoms. The van der Waals surface area contributed by atoms with Crippen molar-refractivity contribution in [1.29, 1.82) is 0 Å². The first-order chi connectivity index (χ1) is 9.61. The van der Waals surface area contributed by atoms with Crippen molar-refractivity contribution in [3.05, 3.63) is 35.1 Å². The third-order valence-corrected chi connectivity index (χ3v) is 4.09. The van der Waals surface area contributed by atoms with Crippen LogP contribution in [0.1, 0.15) is 36.4 Å². The highest BCUT2D eigenvalue weighted by Crippen LogP contribution is 2.23. The molecule has 2 N–H and O–H groups in total. The number of aryl methyl sites for hydroxylation is 1. The first-order valence-electron chi connectivity index (χ1n) is 7.39. The maximum atomic E-state index is 13.4. The van der Waals surface area contributed by atoms with E-state index in [1.165, 1.54) is 12.5 Å². The van der Waals surface area contributed by atoms with Gasteiger partial charge in [-0.05, 0) is 50.4 Å². The van der Waals surface area contributed by atoms with Crippen molar-refractivity contribution in [2.24, 2.45) is 5.73 Å². The van der Waals surface area contributed by atoms with Gasteiger partial charge in [0.05, 0.1) is 6.10 Å². The quantitative estimate of drug-likeness (QED) is 0.901. The van der Waals surface area contributed by atoms with Gasteiger partial charge in [-0.25, -0.2) is 4.39 Å². The van der Waals surface area contributed by atoms with Crippen molar-refractivity contribution in [1.82, 2.24) is 4.90 Å². The molecule has 2 unspecified atom stereocenters. The van der Waals surface area contributed by atoms with Crippen LogP contribution in [-0.4, -0.2) is 37.7 Å². The monoisotopic (exact) mass is 280 g/mol. The fourth-order valence-electron chi connectivity index (χ4n) is 2.85. The number of nitrogens with two attached hydrogens (primary N) is 1. The first-order valence-corrected chi connectivity index (χ1v) is 7.39. The molecule has 0 aliphatic carbocycles. The Bertz CT molecular complexity index is 432. The van der Waals surface area contributed by atoms with E-state index >= 15 is 0 Å². The van der Waals surface area contributed by atoms with Crippen LogP contribution in [0.15, 0.2) is 18.2 Å². The Hall–Kier alpha value is -0.970. The zero-order valence-electron chi connectivity index (χ0n) is 12.4. The predicted octanol–water partition coefficient (Wildman–Crippen LogP) is 2.63. The number of likely N-dealkylation sites (N-methyl/N-ethyl adjacent to an activating group) is 1. The lowest BCUT2D eigenvalue weighted by Crippen LogP contribution is -2.38. The summed E-state index contributed by atoms with van der Waals surface area (Å²) < 4.78 is 19.2. The lowest BCUT2D eigenvalue weighted by Gasteiger charge is -2.32. The fraction of sp³-hybridized carbons (Fsp3) is 0.625. The van der Waals surface area contributed by atoms with Crippen molar-refractivity contribution >= 4 is 0 Å². The minimum absolute atomic E-state index is 0.111. The molecule has 1 aromatic rings. The minimum atomic E-state index is -0.164. The van der Waals surface area contributed by atoms with E-state index in [9.17, 15) is 4.39 Å². The Balaban J connectivity index is 2.03. The van der Waals surface area contributed by atoms with Crippen molar-refractivity contribution in [2.45, 2.75) is 38.3 Å². The van der Waals surface area contributed by atoms with E-state index < -0.39 is 0 Å². The molecule has 3 nitrogen and oxygen atoms in total. The molecule has 2 rings (SSSR count). The molecule has 0 bridgehead atoms. The van der Waals surface area contributed by atoms with Gasteiger partial charge in [-0.3, -0.25) is 4.90 Å². The van der Waals surface area contributed by atoms with E-state index in [4.69, 9.17) is 10.5 Å². The molecule has 1 saturated heterocycles. The summed E-state index contributed by atoms with van der Waals surface area (Å²) in [5.74, 6) is -0.164. The van der Waals surface area contributed by atoms with Crippen molar-refractivity contribution in [2.75, 3.05) is 26.7 Å². The lowest BCUT2D eigenvalue weighted by molar-refractivity contribution is -0.00778. The molecule has 2 atom stereocenters. The second kappa shape index (κ2) is 7.16. The largest absolute Gasteiger partial charge is 0.377 e. The highest BCUT2D eigenvalue weighted by Gasteiger charge is 2.21. The topological polar surface area (TPSA) is 38.5 Å². The van der Waals surface area contributed by atoms with Crippen LogP contribution < -0.4 is 5.73 Å². The fourth-order valence-corrected chi connectivity index (χ4v) is 2.85. The summed E-state index contributed by atoms with van der Waals surface area (Å²) in [4.78, 5) is 2.22. The van der Waals surface area contributed by atoms with E-state index in [1.807, 2.05) is 12.1 Å². The van der Waals surface area contributed by atoms with Crippen LogP contribution in [0.4, 0.5) is 4.39 Å². The summed E-state index contributed by atoms with van der Waals surface area (Å²) >= 11 is 0. The number of benzene rings is 1. The molecule has 0 aromatic heterocycles.